The van der Waals surface area contributed by atoms with Crippen molar-refractivity contribution in [1.82, 2.24) is 4.98 Å². The number of nitrogen functional groups attached to an aromatic ring is 1. The number of aromatic nitrogens is 1. The largest absolute Gasteiger partial charge is 0.437 e. The first-order valence-corrected chi connectivity index (χ1v) is 5.50. The van der Waals surface area contributed by atoms with Gasteiger partial charge < -0.3 is 10.5 Å². The van der Waals surface area contributed by atoms with Crippen molar-refractivity contribution in [2.75, 3.05) is 5.73 Å². The standard InChI is InChI=1S/C12H8ClF3N2O/c13-10-4-7(12(14,15)16)6-18-11(10)19-9-3-1-2-8(17)5-9/h1-6H,17H2. The van der Waals surface area contributed by atoms with Crippen LogP contribution in [0.1, 0.15) is 5.56 Å². The van der Waals surface area contributed by atoms with Crippen LogP contribution in [0.4, 0.5) is 18.9 Å². The highest BCUT2D eigenvalue weighted by molar-refractivity contribution is 6.31. The number of benzene rings is 1. The van der Waals surface area contributed by atoms with Gasteiger partial charge in [0.1, 0.15) is 10.8 Å². The molecule has 1 aromatic carbocycles. The molecule has 100 valence electrons. The van der Waals surface area contributed by atoms with E-state index in [1.807, 2.05) is 0 Å². The highest BCUT2D eigenvalue weighted by Crippen LogP contribution is 2.34. The fourth-order valence-corrected chi connectivity index (χ4v) is 1.55. The molecule has 19 heavy (non-hydrogen) atoms. The van der Waals surface area contributed by atoms with Crippen LogP contribution >= 0.6 is 11.6 Å². The maximum absolute atomic E-state index is 12.4. The van der Waals surface area contributed by atoms with Crippen LogP contribution in [-0.4, -0.2) is 4.98 Å². The summed E-state index contributed by atoms with van der Waals surface area (Å²) < 4.78 is 42.5. The van der Waals surface area contributed by atoms with Gasteiger partial charge in [0, 0.05) is 18.0 Å². The number of nitrogens with two attached hydrogens (primary N) is 1. The highest BCUT2D eigenvalue weighted by atomic mass is 35.5. The zero-order chi connectivity index (χ0) is 14.0. The van der Waals surface area contributed by atoms with Gasteiger partial charge in [0.2, 0.25) is 5.88 Å². The Kier molecular flexibility index (Phi) is 3.53. The number of hydrogen-bond acceptors (Lipinski definition) is 3. The number of pyridine rings is 1. The first kappa shape index (κ1) is 13.5. The average Bonchev–Trinajstić information content (AvgIpc) is 2.30. The predicted molar refractivity (Wildman–Crippen MR) is 65.2 cm³/mol. The molecule has 1 heterocycles. The smallest absolute Gasteiger partial charge is 0.417 e. The predicted octanol–water partition coefficient (Wildman–Crippen LogP) is 4.13. The van der Waals surface area contributed by atoms with Gasteiger partial charge in [0.15, 0.2) is 0 Å². The molecule has 2 N–H and O–H groups in total. The fourth-order valence-electron chi connectivity index (χ4n) is 1.35. The van der Waals surface area contributed by atoms with Crippen LogP contribution in [0.3, 0.4) is 0 Å². The maximum Gasteiger partial charge on any atom is 0.417 e. The summed E-state index contributed by atoms with van der Waals surface area (Å²) in [6.45, 7) is 0. The van der Waals surface area contributed by atoms with E-state index in [9.17, 15) is 13.2 Å². The second kappa shape index (κ2) is 4.97. The van der Waals surface area contributed by atoms with Crippen molar-refractivity contribution >= 4 is 17.3 Å². The molecule has 0 amide bonds. The molecule has 0 aliphatic rings. The Bertz CT molecular complexity index is 602. The lowest BCUT2D eigenvalue weighted by atomic mass is 10.3. The number of rotatable bonds is 2. The molecule has 7 heteroatoms. The normalized spacial score (nSPS) is 11.4. The van der Waals surface area contributed by atoms with Crippen LogP contribution in [0.5, 0.6) is 11.6 Å². The first-order valence-electron chi connectivity index (χ1n) is 5.12. The minimum absolute atomic E-state index is 0.111. The lowest BCUT2D eigenvalue weighted by Gasteiger charge is -2.10. The summed E-state index contributed by atoms with van der Waals surface area (Å²) in [6.07, 6.45) is -3.83. The number of alkyl halides is 3. The number of anilines is 1. The molecule has 2 aromatic rings. The Morgan fingerprint density at radius 2 is 1.95 bits per heavy atom. The summed E-state index contributed by atoms with van der Waals surface area (Å²) in [5, 5.41) is -0.225. The number of halogens is 4. The second-order valence-electron chi connectivity index (χ2n) is 3.68. The Hall–Kier alpha value is -1.95. The van der Waals surface area contributed by atoms with E-state index in [4.69, 9.17) is 22.1 Å². The van der Waals surface area contributed by atoms with E-state index < -0.39 is 11.7 Å². The molecular weight excluding hydrogens is 281 g/mol. The van der Waals surface area contributed by atoms with E-state index in [2.05, 4.69) is 4.98 Å². The van der Waals surface area contributed by atoms with Crippen molar-refractivity contribution < 1.29 is 17.9 Å². The van der Waals surface area contributed by atoms with Crippen molar-refractivity contribution in [3.05, 3.63) is 47.1 Å². The molecule has 0 aliphatic carbocycles. The topological polar surface area (TPSA) is 48.1 Å². The summed E-state index contributed by atoms with van der Waals surface area (Å²) in [5.41, 5.74) is 5.08. The number of ether oxygens (including phenoxy) is 1. The van der Waals surface area contributed by atoms with E-state index >= 15 is 0 Å². The lowest BCUT2D eigenvalue weighted by Crippen LogP contribution is -2.05. The molecule has 0 atom stereocenters. The third kappa shape index (κ3) is 3.29. The summed E-state index contributed by atoms with van der Waals surface area (Å²) >= 11 is 5.71. The first-order chi connectivity index (χ1) is 8.86. The van der Waals surface area contributed by atoms with Crippen molar-refractivity contribution in [3.8, 4) is 11.6 Å². The average molecular weight is 289 g/mol. The van der Waals surface area contributed by atoms with Crippen molar-refractivity contribution in [2.45, 2.75) is 6.18 Å². The molecular formula is C12H8ClF3N2O. The van der Waals surface area contributed by atoms with Gasteiger partial charge in [-0.15, -0.1) is 0 Å². The minimum atomic E-state index is -4.49. The zero-order valence-electron chi connectivity index (χ0n) is 9.41. The van der Waals surface area contributed by atoms with Gasteiger partial charge in [-0.1, -0.05) is 17.7 Å². The van der Waals surface area contributed by atoms with Crippen LogP contribution in [-0.2, 0) is 6.18 Å². The van der Waals surface area contributed by atoms with E-state index in [1.165, 1.54) is 6.07 Å². The number of hydrogen-bond donors (Lipinski definition) is 1. The third-order valence-electron chi connectivity index (χ3n) is 2.21. The van der Waals surface area contributed by atoms with Gasteiger partial charge in [-0.2, -0.15) is 13.2 Å². The number of nitrogens with zero attached hydrogens (tertiary/aromatic N) is 1. The molecule has 3 nitrogen and oxygen atoms in total. The monoisotopic (exact) mass is 288 g/mol. The van der Waals surface area contributed by atoms with E-state index in [0.717, 1.165) is 6.07 Å². The molecule has 0 saturated heterocycles. The maximum atomic E-state index is 12.4. The van der Waals surface area contributed by atoms with Crippen LogP contribution in [0, 0.1) is 0 Å². The summed E-state index contributed by atoms with van der Waals surface area (Å²) in [5.74, 6) is 0.231. The quantitative estimate of drug-likeness (QED) is 0.845. The van der Waals surface area contributed by atoms with Gasteiger partial charge in [0.05, 0.1) is 5.56 Å². The fraction of sp³-hybridized carbons (Fsp3) is 0.0833. The highest BCUT2D eigenvalue weighted by Gasteiger charge is 2.31. The zero-order valence-corrected chi connectivity index (χ0v) is 10.2. The van der Waals surface area contributed by atoms with Crippen molar-refractivity contribution in [1.29, 1.82) is 0 Å². The molecule has 0 radical (unpaired) electrons. The van der Waals surface area contributed by atoms with Gasteiger partial charge in [-0.05, 0) is 18.2 Å². The van der Waals surface area contributed by atoms with Crippen LogP contribution in [0.15, 0.2) is 36.5 Å². The molecule has 0 spiro atoms. The van der Waals surface area contributed by atoms with E-state index in [0.29, 0.717) is 17.6 Å². The minimum Gasteiger partial charge on any atom is -0.437 e. The molecule has 2 rings (SSSR count). The second-order valence-corrected chi connectivity index (χ2v) is 4.09. The van der Waals surface area contributed by atoms with E-state index in [1.54, 1.807) is 18.2 Å². The Morgan fingerprint density at radius 1 is 1.21 bits per heavy atom. The van der Waals surface area contributed by atoms with Crippen LogP contribution in [0.25, 0.3) is 0 Å². The summed E-state index contributed by atoms with van der Waals surface area (Å²) in [4.78, 5) is 3.55. The molecule has 0 aliphatic heterocycles. The molecule has 0 unspecified atom stereocenters. The van der Waals surface area contributed by atoms with Crippen molar-refractivity contribution in [2.24, 2.45) is 0 Å². The molecule has 0 bridgehead atoms. The van der Waals surface area contributed by atoms with Crippen LogP contribution in [0.2, 0.25) is 5.02 Å². The summed E-state index contributed by atoms with van der Waals surface area (Å²) in [7, 11) is 0. The van der Waals surface area contributed by atoms with Crippen LogP contribution < -0.4 is 10.5 Å². The van der Waals surface area contributed by atoms with Crippen molar-refractivity contribution in [3.63, 3.8) is 0 Å². The Morgan fingerprint density at radius 3 is 2.53 bits per heavy atom. The lowest BCUT2D eigenvalue weighted by molar-refractivity contribution is -0.137. The van der Waals surface area contributed by atoms with Gasteiger partial charge >= 0.3 is 6.18 Å². The Labute approximate surface area is 111 Å². The van der Waals surface area contributed by atoms with E-state index in [-0.39, 0.29) is 10.9 Å². The Balaban J connectivity index is 2.27. The van der Waals surface area contributed by atoms with Gasteiger partial charge in [-0.25, -0.2) is 4.98 Å². The SMILES string of the molecule is Nc1cccc(Oc2ncc(C(F)(F)F)cc2Cl)c1. The molecule has 1 aromatic heterocycles. The molecule has 0 fully saturated rings. The van der Waals surface area contributed by atoms with Gasteiger partial charge in [0.25, 0.3) is 0 Å². The van der Waals surface area contributed by atoms with Gasteiger partial charge in [-0.3, -0.25) is 0 Å². The third-order valence-corrected chi connectivity index (χ3v) is 2.48. The molecule has 0 saturated carbocycles. The summed E-state index contributed by atoms with van der Waals surface area (Å²) in [6, 6.07) is 7.15.